The van der Waals surface area contributed by atoms with Gasteiger partial charge >= 0.3 is 0 Å². The Kier molecular flexibility index (Phi) is 4.33. The van der Waals surface area contributed by atoms with E-state index in [1.165, 1.54) is 18.3 Å². The predicted octanol–water partition coefficient (Wildman–Crippen LogP) is 4.19. The molecule has 29 heavy (non-hydrogen) atoms. The molecule has 4 aromatic rings. The van der Waals surface area contributed by atoms with Crippen molar-refractivity contribution >= 4 is 34.0 Å². The standard InChI is InChI=1S/C21H18N6OS/c1-13(28)23-21-24-16-11-10-15-18(19(16)29-21)27(14-7-3-2-4-8-14)26-20(15)25-17-9-5-6-12-22-17/h2-9,12H,10-11H2,1H3,(H,22,25,26)(H,23,24,28). The van der Waals surface area contributed by atoms with Crippen molar-refractivity contribution in [2.45, 2.75) is 19.8 Å². The van der Waals surface area contributed by atoms with Gasteiger partial charge in [0.15, 0.2) is 10.9 Å². The summed E-state index contributed by atoms with van der Waals surface area (Å²) >= 11 is 1.49. The zero-order valence-corrected chi connectivity index (χ0v) is 16.5. The van der Waals surface area contributed by atoms with Crippen LogP contribution < -0.4 is 10.6 Å². The van der Waals surface area contributed by atoms with E-state index < -0.39 is 0 Å². The number of carbonyl (C=O) groups is 1. The highest BCUT2D eigenvalue weighted by molar-refractivity contribution is 7.19. The maximum absolute atomic E-state index is 11.5. The molecule has 1 aliphatic rings. The Labute approximate surface area is 171 Å². The number of nitrogens with zero attached hydrogens (tertiary/aromatic N) is 4. The summed E-state index contributed by atoms with van der Waals surface area (Å²) in [6, 6.07) is 15.8. The first-order valence-electron chi connectivity index (χ1n) is 9.32. The average molecular weight is 402 g/mol. The number of benzene rings is 1. The number of carbonyl (C=O) groups excluding carboxylic acids is 1. The molecular formula is C21H18N6OS. The molecular weight excluding hydrogens is 384 g/mol. The molecule has 0 saturated heterocycles. The average Bonchev–Trinajstić information content (AvgIpc) is 3.30. The summed E-state index contributed by atoms with van der Waals surface area (Å²) in [4.78, 5) is 21.5. The van der Waals surface area contributed by atoms with Crippen LogP contribution in [0.25, 0.3) is 16.3 Å². The predicted molar refractivity (Wildman–Crippen MR) is 114 cm³/mol. The summed E-state index contributed by atoms with van der Waals surface area (Å²) in [6.45, 7) is 1.49. The van der Waals surface area contributed by atoms with E-state index in [-0.39, 0.29) is 5.91 Å². The summed E-state index contributed by atoms with van der Waals surface area (Å²) in [7, 11) is 0. The molecule has 0 fully saturated rings. The second-order valence-corrected chi connectivity index (χ2v) is 7.74. The minimum atomic E-state index is -0.120. The number of pyridine rings is 1. The smallest absolute Gasteiger partial charge is 0.223 e. The lowest BCUT2D eigenvalue weighted by molar-refractivity contribution is -0.114. The molecule has 1 aliphatic carbocycles. The van der Waals surface area contributed by atoms with Crippen LogP contribution in [-0.2, 0) is 17.6 Å². The number of amides is 1. The number of para-hydroxylation sites is 1. The molecule has 0 bridgehead atoms. The molecule has 0 unspecified atom stereocenters. The molecule has 0 radical (unpaired) electrons. The highest BCUT2D eigenvalue weighted by Crippen LogP contribution is 2.43. The normalized spacial score (nSPS) is 12.2. The first-order chi connectivity index (χ1) is 14.2. The van der Waals surface area contributed by atoms with Gasteiger partial charge in [-0.1, -0.05) is 35.6 Å². The lowest BCUT2D eigenvalue weighted by Gasteiger charge is -2.14. The number of nitrogens with one attached hydrogen (secondary N) is 2. The van der Waals surface area contributed by atoms with Gasteiger partial charge in [0.2, 0.25) is 5.91 Å². The molecule has 0 saturated carbocycles. The lowest BCUT2D eigenvalue weighted by atomic mass is 9.99. The number of hydrogen-bond acceptors (Lipinski definition) is 6. The Hall–Kier alpha value is -3.52. The van der Waals surface area contributed by atoms with E-state index in [4.69, 9.17) is 5.10 Å². The van der Waals surface area contributed by atoms with Gasteiger partial charge in [0, 0.05) is 18.7 Å². The highest BCUT2D eigenvalue weighted by Gasteiger charge is 2.29. The maximum atomic E-state index is 11.5. The van der Waals surface area contributed by atoms with Crippen molar-refractivity contribution in [1.29, 1.82) is 0 Å². The van der Waals surface area contributed by atoms with Crippen LogP contribution in [0.4, 0.5) is 16.8 Å². The van der Waals surface area contributed by atoms with E-state index in [2.05, 4.69) is 20.6 Å². The van der Waals surface area contributed by atoms with E-state index in [0.29, 0.717) is 5.13 Å². The Bertz CT molecular complexity index is 1180. The van der Waals surface area contributed by atoms with E-state index in [9.17, 15) is 4.79 Å². The first-order valence-corrected chi connectivity index (χ1v) is 10.1. The van der Waals surface area contributed by atoms with E-state index in [0.717, 1.165) is 52.0 Å². The van der Waals surface area contributed by atoms with E-state index >= 15 is 0 Å². The quantitative estimate of drug-likeness (QED) is 0.535. The molecule has 3 heterocycles. The molecule has 0 spiro atoms. The van der Waals surface area contributed by atoms with Gasteiger partial charge in [-0.25, -0.2) is 14.6 Å². The van der Waals surface area contributed by atoms with Gasteiger partial charge < -0.3 is 10.6 Å². The van der Waals surface area contributed by atoms with Gasteiger partial charge in [-0.05, 0) is 37.1 Å². The molecule has 0 aliphatic heterocycles. The van der Waals surface area contributed by atoms with Gasteiger partial charge in [-0.15, -0.1) is 5.10 Å². The van der Waals surface area contributed by atoms with Crippen LogP contribution in [-0.4, -0.2) is 25.7 Å². The second-order valence-electron chi connectivity index (χ2n) is 6.74. The summed E-state index contributed by atoms with van der Waals surface area (Å²) in [5, 5.41) is 11.7. The number of aryl methyl sites for hydroxylation is 1. The SMILES string of the molecule is CC(=O)Nc1nc2c(s1)-c1c(c(Nc3ccccn3)nn1-c1ccccc1)CC2. The largest absolute Gasteiger partial charge is 0.323 e. The molecule has 2 N–H and O–H groups in total. The molecule has 7 nitrogen and oxygen atoms in total. The third-order valence-electron chi connectivity index (χ3n) is 4.70. The molecule has 8 heteroatoms. The van der Waals surface area contributed by atoms with Crippen molar-refractivity contribution in [3.8, 4) is 16.3 Å². The van der Waals surface area contributed by atoms with Crippen LogP contribution >= 0.6 is 11.3 Å². The monoisotopic (exact) mass is 402 g/mol. The lowest BCUT2D eigenvalue weighted by Crippen LogP contribution is -2.07. The van der Waals surface area contributed by atoms with Crippen molar-refractivity contribution in [2.24, 2.45) is 0 Å². The van der Waals surface area contributed by atoms with E-state index in [1.807, 2.05) is 53.2 Å². The van der Waals surface area contributed by atoms with Crippen LogP contribution in [0.15, 0.2) is 54.7 Å². The van der Waals surface area contributed by atoms with Crippen molar-refractivity contribution in [2.75, 3.05) is 10.6 Å². The zero-order valence-electron chi connectivity index (χ0n) is 15.7. The third-order valence-corrected chi connectivity index (χ3v) is 5.72. The second kappa shape index (κ2) is 7.14. The number of thiazole rings is 1. The Morgan fingerprint density at radius 2 is 1.93 bits per heavy atom. The fourth-order valence-corrected chi connectivity index (χ4v) is 4.60. The van der Waals surface area contributed by atoms with Crippen LogP contribution in [0.5, 0.6) is 0 Å². The zero-order chi connectivity index (χ0) is 19.8. The number of rotatable bonds is 4. The highest BCUT2D eigenvalue weighted by atomic mass is 32.1. The van der Waals surface area contributed by atoms with Crippen molar-refractivity contribution in [3.63, 3.8) is 0 Å². The van der Waals surface area contributed by atoms with Gasteiger partial charge in [-0.2, -0.15) is 0 Å². The topological polar surface area (TPSA) is 84.7 Å². The fraction of sp³-hybridized carbons (Fsp3) is 0.143. The summed E-state index contributed by atoms with van der Waals surface area (Å²) in [6.07, 6.45) is 3.37. The molecule has 1 amide bonds. The Balaban J connectivity index is 1.66. The van der Waals surface area contributed by atoms with Crippen LogP contribution in [0.2, 0.25) is 0 Å². The van der Waals surface area contributed by atoms with Gasteiger partial charge in [0.05, 0.1) is 22.0 Å². The van der Waals surface area contributed by atoms with Crippen molar-refractivity contribution < 1.29 is 4.79 Å². The molecule has 0 atom stereocenters. The molecule has 3 aromatic heterocycles. The summed E-state index contributed by atoms with van der Waals surface area (Å²) in [5.41, 5.74) is 4.11. The molecule has 1 aromatic carbocycles. The summed E-state index contributed by atoms with van der Waals surface area (Å²) < 4.78 is 1.95. The fourth-order valence-electron chi connectivity index (χ4n) is 3.49. The Morgan fingerprint density at radius 3 is 2.69 bits per heavy atom. The van der Waals surface area contributed by atoms with Gasteiger partial charge in [0.1, 0.15) is 5.82 Å². The summed E-state index contributed by atoms with van der Waals surface area (Å²) in [5.74, 6) is 1.43. The first kappa shape index (κ1) is 17.6. The van der Waals surface area contributed by atoms with Gasteiger partial charge in [0.25, 0.3) is 0 Å². The van der Waals surface area contributed by atoms with Crippen LogP contribution in [0, 0.1) is 0 Å². The number of aromatic nitrogens is 4. The number of anilines is 3. The molecule has 5 rings (SSSR count). The van der Waals surface area contributed by atoms with Crippen LogP contribution in [0.3, 0.4) is 0 Å². The minimum absolute atomic E-state index is 0.120. The minimum Gasteiger partial charge on any atom is -0.323 e. The number of fused-ring (bicyclic) bond motifs is 3. The maximum Gasteiger partial charge on any atom is 0.223 e. The van der Waals surface area contributed by atoms with Gasteiger partial charge in [-0.3, -0.25) is 4.79 Å². The van der Waals surface area contributed by atoms with Crippen molar-refractivity contribution in [1.82, 2.24) is 19.7 Å². The van der Waals surface area contributed by atoms with Crippen molar-refractivity contribution in [3.05, 3.63) is 66.0 Å². The number of hydrogen-bond donors (Lipinski definition) is 2. The van der Waals surface area contributed by atoms with E-state index in [1.54, 1.807) is 6.20 Å². The van der Waals surface area contributed by atoms with Crippen LogP contribution in [0.1, 0.15) is 18.2 Å². The third kappa shape index (κ3) is 3.27. The Morgan fingerprint density at radius 1 is 1.10 bits per heavy atom. The molecule has 144 valence electrons.